The van der Waals surface area contributed by atoms with Gasteiger partial charge in [0.1, 0.15) is 23.9 Å². The summed E-state index contributed by atoms with van der Waals surface area (Å²) < 4.78 is 42.1. The van der Waals surface area contributed by atoms with Crippen molar-refractivity contribution in [2.75, 3.05) is 12.4 Å². The summed E-state index contributed by atoms with van der Waals surface area (Å²) in [5.41, 5.74) is 0.553. The van der Waals surface area contributed by atoms with Crippen molar-refractivity contribution < 1.29 is 27.5 Å². The standard InChI is InChI=1S/C19H15F2NO4/c1-24-14-4-2-3-13(10-14)22-19(23)18-8-6-15(26-18)11-25-17-7-5-12(20)9-16(17)21/h2-10H,11H2,1H3,(H,22,23). The van der Waals surface area contributed by atoms with E-state index in [1.165, 1.54) is 19.2 Å². The van der Waals surface area contributed by atoms with Gasteiger partial charge in [-0.05, 0) is 36.4 Å². The van der Waals surface area contributed by atoms with E-state index in [4.69, 9.17) is 13.9 Å². The van der Waals surface area contributed by atoms with Crippen LogP contribution in [-0.4, -0.2) is 13.0 Å². The topological polar surface area (TPSA) is 60.7 Å². The molecule has 1 amide bonds. The van der Waals surface area contributed by atoms with Crippen LogP contribution in [0.5, 0.6) is 11.5 Å². The van der Waals surface area contributed by atoms with Crippen LogP contribution in [0.15, 0.2) is 59.0 Å². The Morgan fingerprint density at radius 2 is 1.96 bits per heavy atom. The van der Waals surface area contributed by atoms with Gasteiger partial charge in [-0.15, -0.1) is 0 Å². The number of nitrogens with one attached hydrogen (secondary N) is 1. The van der Waals surface area contributed by atoms with Gasteiger partial charge >= 0.3 is 0 Å². The first-order valence-corrected chi connectivity index (χ1v) is 7.67. The molecule has 26 heavy (non-hydrogen) atoms. The van der Waals surface area contributed by atoms with E-state index in [1.54, 1.807) is 30.3 Å². The molecule has 3 rings (SSSR count). The monoisotopic (exact) mass is 359 g/mol. The zero-order chi connectivity index (χ0) is 18.5. The number of furan rings is 1. The third kappa shape index (κ3) is 4.18. The van der Waals surface area contributed by atoms with E-state index in [0.29, 0.717) is 17.2 Å². The third-order valence-electron chi connectivity index (χ3n) is 3.48. The highest BCUT2D eigenvalue weighted by atomic mass is 19.1. The van der Waals surface area contributed by atoms with E-state index in [0.717, 1.165) is 12.1 Å². The number of anilines is 1. The summed E-state index contributed by atoms with van der Waals surface area (Å²) in [6, 6.07) is 12.9. The van der Waals surface area contributed by atoms with Gasteiger partial charge in [-0.25, -0.2) is 8.78 Å². The minimum absolute atomic E-state index is 0.0750. The number of benzene rings is 2. The van der Waals surface area contributed by atoms with E-state index < -0.39 is 17.5 Å². The van der Waals surface area contributed by atoms with E-state index in [-0.39, 0.29) is 18.1 Å². The number of hydrogen-bond acceptors (Lipinski definition) is 4. The summed E-state index contributed by atoms with van der Waals surface area (Å²) >= 11 is 0. The van der Waals surface area contributed by atoms with Crippen LogP contribution >= 0.6 is 0 Å². The molecule has 0 radical (unpaired) electrons. The lowest BCUT2D eigenvalue weighted by atomic mass is 10.3. The molecule has 0 saturated carbocycles. The molecule has 7 heteroatoms. The fraction of sp³-hybridized carbons (Fsp3) is 0.105. The molecule has 0 bridgehead atoms. The summed E-state index contributed by atoms with van der Waals surface area (Å²) in [4.78, 5) is 12.2. The number of carbonyl (C=O) groups is 1. The Kier molecular flexibility index (Phi) is 5.17. The minimum Gasteiger partial charge on any atom is -0.497 e. The summed E-state index contributed by atoms with van der Waals surface area (Å²) in [6.07, 6.45) is 0. The summed E-state index contributed by atoms with van der Waals surface area (Å²) in [5, 5.41) is 2.68. The molecular formula is C19H15F2NO4. The first-order chi connectivity index (χ1) is 12.5. The highest BCUT2D eigenvalue weighted by Crippen LogP contribution is 2.21. The summed E-state index contributed by atoms with van der Waals surface area (Å²) in [6.45, 7) is -0.102. The molecule has 0 aliphatic carbocycles. The highest BCUT2D eigenvalue weighted by Gasteiger charge is 2.13. The van der Waals surface area contributed by atoms with Gasteiger partial charge in [0, 0.05) is 17.8 Å². The van der Waals surface area contributed by atoms with Crippen LogP contribution in [0.2, 0.25) is 0 Å². The molecule has 0 fully saturated rings. The maximum Gasteiger partial charge on any atom is 0.291 e. The van der Waals surface area contributed by atoms with Gasteiger partial charge in [0.25, 0.3) is 5.91 Å². The molecule has 0 unspecified atom stereocenters. The normalized spacial score (nSPS) is 10.4. The van der Waals surface area contributed by atoms with E-state index in [1.807, 2.05) is 0 Å². The van der Waals surface area contributed by atoms with Crippen molar-refractivity contribution in [3.05, 3.63) is 77.8 Å². The van der Waals surface area contributed by atoms with Gasteiger partial charge in [0.2, 0.25) is 0 Å². The van der Waals surface area contributed by atoms with Gasteiger partial charge in [-0.3, -0.25) is 4.79 Å². The SMILES string of the molecule is COc1cccc(NC(=O)c2ccc(COc3ccc(F)cc3F)o2)c1. The van der Waals surface area contributed by atoms with Gasteiger partial charge in [0.15, 0.2) is 17.3 Å². The minimum atomic E-state index is -0.812. The van der Waals surface area contributed by atoms with E-state index >= 15 is 0 Å². The van der Waals surface area contributed by atoms with Crippen LogP contribution in [0.4, 0.5) is 14.5 Å². The molecule has 0 atom stereocenters. The predicted octanol–water partition coefficient (Wildman–Crippen LogP) is 4.40. The lowest BCUT2D eigenvalue weighted by molar-refractivity contribution is 0.0992. The average Bonchev–Trinajstić information content (AvgIpc) is 3.10. The molecule has 2 aromatic carbocycles. The molecular weight excluding hydrogens is 344 g/mol. The van der Waals surface area contributed by atoms with Crippen molar-refractivity contribution >= 4 is 11.6 Å². The smallest absolute Gasteiger partial charge is 0.291 e. The Morgan fingerprint density at radius 3 is 2.73 bits per heavy atom. The lowest BCUT2D eigenvalue weighted by Gasteiger charge is -2.06. The first kappa shape index (κ1) is 17.5. The molecule has 1 N–H and O–H groups in total. The van der Waals surface area contributed by atoms with E-state index in [9.17, 15) is 13.6 Å². The maximum absolute atomic E-state index is 13.5. The van der Waals surface area contributed by atoms with Crippen LogP contribution in [0, 0.1) is 11.6 Å². The first-order valence-electron chi connectivity index (χ1n) is 7.67. The predicted molar refractivity (Wildman–Crippen MR) is 90.3 cm³/mol. The Balaban J connectivity index is 1.62. The van der Waals surface area contributed by atoms with Gasteiger partial charge in [-0.2, -0.15) is 0 Å². The zero-order valence-corrected chi connectivity index (χ0v) is 13.8. The quantitative estimate of drug-likeness (QED) is 0.709. The Bertz CT molecular complexity index is 923. The van der Waals surface area contributed by atoms with Crippen LogP contribution in [0.1, 0.15) is 16.3 Å². The molecule has 0 aliphatic rings. The van der Waals surface area contributed by atoms with Crippen molar-refractivity contribution in [2.45, 2.75) is 6.61 Å². The molecule has 1 aromatic heterocycles. The van der Waals surface area contributed by atoms with Crippen LogP contribution in [-0.2, 0) is 6.61 Å². The van der Waals surface area contributed by atoms with Crippen molar-refractivity contribution in [3.8, 4) is 11.5 Å². The summed E-state index contributed by atoms with van der Waals surface area (Å²) in [7, 11) is 1.53. The molecule has 3 aromatic rings. The number of rotatable bonds is 6. The van der Waals surface area contributed by atoms with Crippen molar-refractivity contribution in [1.82, 2.24) is 0 Å². The fourth-order valence-corrected chi connectivity index (χ4v) is 2.21. The molecule has 0 aliphatic heterocycles. The van der Waals surface area contributed by atoms with Crippen LogP contribution in [0.3, 0.4) is 0 Å². The van der Waals surface area contributed by atoms with Crippen molar-refractivity contribution in [2.24, 2.45) is 0 Å². The maximum atomic E-state index is 13.5. The number of carbonyl (C=O) groups excluding carboxylic acids is 1. The fourth-order valence-electron chi connectivity index (χ4n) is 2.21. The van der Waals surface area contributed by atoms with Gasteiger partial charge in [0.05, 0.1) is 7.11 Å². The van der Waals surface area contributed by atoms with Crippen molar-refractivity contribution in [3.63, 3.8) is 0 Å². The van der Waals surface area contributed by atoms with Gasteiger partial charge in [-0.1, -0.05) is 6.07 Å². The molecule has 1 heterocycles. The molecule has 5 nitrogen and oxygen atoms in total. The Hall–Kier alpha value is -3.35. The molecule has 134 valence electrons. The average molecular weight is 359 g/mol. The zero-order valence-electron chi connectivity index (χ0n) is 13.8. The van der Waals surface area contributed by atoms with E-state index in [2.05, 4.69) is 5.32 Å². The van der Waals surface area contributed by atoms with Crippen LogP contribution < -0.4 is 14.8 Å². The number of hydrogen-bond donors (Lipinski definition) is 1. The Labute approximate surface area is 148 Å². The number of amides is 1. The lowest BCUT2D eigenvalue weighted by Crippen LogP contribution is -2.10. The Morgan fingerprint density at radius 1 is 1.12 bits per heavy atom. The van der Waals surface area contributed by atoms with Gasteiger partial charge < -0.3 is 19.2 Å². The second-order valence-corrected chi connectivity index (χ2v) is 5.32. The van der Waals surface area contributed by atoms with Crippen LogP contribution in [0.25, 0.3) is 0 Å². The largest absolute Gasteiger partial charge is 0.497 e. The number of ether oxygens (including phenoxy) is 2. The third-order valence-corrected chi connectivity index (χ3v) is 3.48. The highest BCUT2D eigenvalue weighted by molar-refractivity contribution is 6.02. The molecule has 0 spiro atoms. The number of methoxy groups -OCH3 is 1. The molecule has 0 saturated heterocycles. The second-order valence-electron chi connectivity index (χ2n) is 5.32. The summed E-state index contributed by atoms with van der Waals surface area (Å²) in [5.74, 6) is -1.05. The number of halogens is 2. The van der Waals surface area contributed by atoms with Crippen molar-refractivity contribution in [1.29, 1.82) is 0 Å². The second kappa shape index (κ2) is 7.69.